The van der Waals surface area contributed by atoms with Crippen molar-refractivity contribution in [3.63, 3.8) is 0 Å². The maximum absolute atomic E-state index is 12.0. The van der Waals surface area contributed by atoms with Gasteiger partial charge in [-0.3, -0.25) is 9.59 Å². The summed E-state index contributed by atoms with van der Waals surface area (Å²) in [6, 6.07) is -1.45. The molecule has 21 heavy (non-hydrogen) atoms. The Morgan fingerprint density at radius 2 is 1.48 bits per heavy atom. The van der Waals surface area contributed by atoms with Crippen LogP contribution in [0.5, 0.6) is 0 Å². The number of rotatable bonds is 5. The molecule has 122 valence electrons. The molecule has 7 heteroatoms. The summed E-state index contributed by atoms with van der Waals surface area (Å²) < 4.78 is 5.07. The van der Waals surface area contributed by atoms with E-state index in [4.69, 9.17) is 4.74 Å². The number of alkyl carbamates (subject to hydrolysis) is 1. The SMILES string of the molecule is CNC(=O)[C@@H](NC(=O)[C@H](C)NC(=O)OC(C)(C)C)C(C)C. The highest BCUT2D eigenvalue weighted by Gasteiger charge is 2.27. The molecule has 0 aliphatic carbocycles. The summed E-state index contributed by atoms with van der Waals surface area (Å²) in [5.74, 6) is -0.784. The highest BCUT2D eigenvalue weighted by molar-refractivity contribution is 5.91. The number of hydrogen-bond donors (Lipinski definition) is 3. The second kappa shape index (κ2) is 7.85. The van der Waals surface area contributed by atoms with Gasteiger partial charge >= 0.3 is 6.09 Å². The lowest BCUT2D eigenvalue weighted by molar-refractivity contribution is -0.130. The molecular formula is C14H27N3O4. The highest BCUT2D eigenvalue weighted by Crippen LogP contribution is 2.07. The van der Waals surface area contributed by atoms with Crippen LogP contribution in [0.15, 0.2) is 0 Å². The molecule has 0 fully saturated rings. The van der Waals surface area contributed by atoms with E-state index in [2.05, 4.69) is 16.0 Å². The van der Waals surface area contributed by atoms with Crippen molar-refractivity contribution in [1.82, 2.24) is 16.0 Å². The van der Waals surface area contributed by atoms with Crippen molar-refractivity contribution in [3.05, 3.63) is 0 Å². The normalized spacial score (nSPS) is 14.1. The van der Waals surface area contributed by atoms with Crippen LogP contribution in [0.2, 0.25) is 0 Å². The van der Waals surface area contributed by atoms with E-state index in [1.807, 2.05) is 13.8 Å². The first-order valence-corrected chi connectivity index (χ1v) is 6.99. The lowest BCUT2D eigenvalue weighted by Crippen LogP contribution is -2.54. The molecule has 0 radical (unpaired) electrons. The van der Waals surface area contributed by atoms with Gasteiger partial charge < -0.3 is 20.7 Å². The first kappa shape index (κ1) is 19.2. The fourth-order valence-corrected chi connectivity index (χ4v) is 1.52. The minimum atomic E-state index is -0.800. The average molecular weight is 301 g/mol. The van der Waals surface area contributed by atoms with Crippen molar-refractivity contribution in [2.75, 3.05) is 7.05 Å². The predicted molar refractivity (Wildman–Crippen MR) is 79.7 cm³/mol. The number of hydrogen-bond acceptors (Lipinski definition) is 4. The van der Waals surface area contributed by atoms with E-state index < -0.39 is 29.7 Å². The number of likely N-dealkylation sites (N-methyl/N-ethyl adjacent to an activating group) is 1. The molecular weight excluding hydrogens is 274 g/mol. The Balaban J connectivity index is 4.57. The van der Waals surface area contributed by atoms with Crippen molar-refractivity contribution in [3.8, 4) is 0 Å². The Morgan fingerprint density at radius 1 is 0.952 bits per heavy atom. The topological polar surface area (TPSA) is 96.5 Å². The number of carbonyl (C=O) groups excluding carboxylic acids is 3. The van der Waals surface area contributed by atoms with Gasteiger partial charge in [0.25, 0.3) is 0 Å². The van der Waals surface area contributed by atoms with Gasteiger partial charge in [-0.2, -0.15) is 0 Å². The number of amides is 3. The van der Waals surface area contributed by atoms with Crippen LogP contribution in [0.4, 0.5) is 4.79 Å². The molecule has 0 unspecified atom stereocenters. The molecule has 0 aromatic rings. The van der Waals surface area contributed by atoms with E-state index in [0.717, 1.165) is 0 Å². The standard InChI is InChI=1S/C14H27N3O4/c1-8(2)10(12(19)15-7)17-11(18)9(3)16-13(20)21-14(4,5)6/h8-10H,1-7H3,(H,15,19)(H,16,20)(H,17,18)/t9-,10-/m0/s1. The molecule has 0 bridgehead atoms. The lowest BCUT2D eigenvalue weighted by atomic mass is 10.0. The quantitative estimate of drug-likeness (QED) is 0.699. The van der Waals surface area contributed by atoms with Gasteiger partial charge in [-0.1, -0.05) is 13.8 Å². The smallest absolute Gasteiger partial charge is 0.408 e. The molecule has 0 rings (SSSR count). The van der Waals surface area contributed by atoms with E-state index in [9.17, 15) is 14.4 Å². The minimum absolute atomic E-state index is 0.0670. The molecule has 0 spiro atoms. The third-order valence-corrected chi connectivity index (χ3v) is 2.62. The van der Waals surface area contributed by atoms with Crippen LogP contribution in [0.25, 0.3) is 0 Å². The van der Waals surface area contributed by atoms with E-state index in [-0.39, 0.29) is 11.8 Å². The Hall–Kier alpha value is -1.79. The molecule has 7 nitrogen and oxygen atoms in total. The first-order valence-electron chi connectivity index (χ1n) is 6.99. The van der Waals surface area contributed by atoms with Gasteiger partial charge in [-0.15, -0.1) is 0 Å². The molecule has 0 heterocycles. The molecule has 3 amide bonds. The van der Waals surface area contributed by atoms with Crippen molar-refractivity contribution >= 4 is 17.9 Å². The van der Waals surface area contributed by atoms with Crippen LogP contribution in [-0.4, -0.2) is 42.6 Å². The molecule has 2 atom stereocenters. The number of nitrogens with one attached hydrogen (secondary N) is 3. The molecule has 0 saturated carbocycles. The third-order valence-electron chi connectivity index (χ3n) is 2.62. The Labute approximate surface area is 126 Å². The van der Waals surface area contributed by atoms with Crippen LogP contribution in [0.1, 0.15) is 41.5 Å². The zero-order chi connectivity index (χ0) is 16.8. The number of carbonyl (C=O) groups is 3. The van der Waals surface area contributed by atoms with E-state index in [1.54, 1.807) is 20.8 Å². The maximum atomic E-state index is 12.0. The fourth-order valence-electron chi connectivity index (χ4n) is 1.52. The molecule has 0 aliphatic rings. The van der Waals surface area contributed by atoms with Gasteiger partial charge in [0.1, 0.15) is 17.7 Å². The summed E-state index contributed by atoms with van der Waals surface area (Å²) in [4.78, 5) is 35.3. The fraction of sp³-hybridized carbons (Fsp3) is 0.786. The molecule has 0 aromatic heterocycles. The Kier molecular flexibility index (Phi) is 7.18. The average Bonchev–Trinajstić information content (AvgIpc) is 2.31. The van der Waals surface area contributed by atoms with Crippen LogP contribution < -0.4 is 16.0 Å². The van der Waals surface area contributed by atoms with Gasteiger partial charge in [-0.05, 0) is 33.6 Å². The minimum Gasteiger partial charge on any atom is -0.444 e. The molecule has 0 aliphatic heterocycles. The van der Waals surface area contributed by atoms with Crippen LogP contribution in [-0.2, 0) is 14.3 Å². The summed E-state index contributed by atoms with van der Waals surface area (Å²) in [6.07, 6.45) is -0.675. The summed E-state index contributed by atoms with van der Waals surface area (Å²) >= 11 is 0. The zero-order valence-electron chi connectivity index (χ0n) is 13.9. The van der Waals surface area contributed by atoms with Gasteiger partial charge in [0.15, 0.2) is 0 Å². The lowest BCUT2D eigenvalue weighted by Gasteiger charge is -2.24. The Bertz CT molecular complexity index is 388. The van der Waals surface area contributed by atoms with Crippen molar-refractivity contribution < 1.29 is 19.1 Å². The molecule has 3 N–H and O–H groups in total. The van der Waals surface area contributed by atoms with E-state index in [1.165, 1.54) is 14.0 Å². The largest absolute Gasteiger partial charge is 0.444 e. The zero-order valence-corrected chi connectivity index (χ0v) is 13.9. The van der Waals surface area contributed by atoms with Crippen molar-refractivity contribution in [1.29, 1.82) is 0 Å². The summed E-state index contributed by atoms with van der Waals surface area (Å²) in [6.45, 7) is 10.4. The first-order chi connectivity index (χ1) is 9.47. The number of ether oxygens (including phenoxy) is 1. The second-order valence-electron chi connectivity index (χ2n) is 6.21. The van der Waals surface area contributed by atoms with Crippen molar-refractivity contribution in [2.24, 2.45) is 5.92 Å². The monoisotopic (exact) mass is 301 g/mol. The van der Waals surface area contributed by atoms with Crippen molar-refractivity contribution in [2.45, 2.75) is 59.2 Å². The van der Waals surface area contributed by atoms with Gasteiger partial charge in [0.05, 0.1) is 0 Å². The van der Waals surface area contributed by atoms with Crippen LogP contribution in [0, 0.1) is 5.92 Å². The van der Waals surface area contributed by atoms with Gasteiger partial charge in [-0.25, -0.2) is 4.79 Å². The van der Waals surface area contributed by atoms with Gasteiger partial charge in [0, 0.05) is 7.05 Å². The summed E-state index contributed by atoms with van der Waals surface area (Å²) in [5, 5.41) is 7.54. The highest BCUT2D eigenvalue weighted by atomic mass is 16.6. The predicted octanol–water partition coefficient (Wildman–Crippen LogP) is 0.786. The molecule has 0 aromatic carbocycles. The van der Waals surface area contributed by atoms with Gasteiger partial charge in [0.2, 0.25) is 11.8 Å². The Morgan fingerprint density at radius 3 is 1.86 bits per heavy atom. The maximum Gasteiger partial charge on any atom is 0.408 e. The summed E-state index contributed by atoms with van der Waals surface area (Å²) in [5.41, 5.74) is -0.636. The van der Waals surface area contributed by atoms with Crippen LogP contribution >= 0.6 is 0 Å². The third kappa shape index (κ3) is 7.53. The van der Waals surface area contributed by atoms with E-state index in [0.29, 0.717) is 0 Å². The van der Waals surface area contributed by atoms with E-state index >= 15 is 0 Å². The van der Waals surface area contributed by atoms with Crippen LogP contribution in [0.3, 0.4) is 0 Å². The summed E-state index contributed by atoms with van der Waals surface area (Å²) in [7, 11) is 1.51. The molecule has 0 saturated heterocycles. The second-order valence-corrected chi connectivity index (χ2v) is 6.21.